The number of aliphatic hydroxyl groups excluding tert-OH is 1. The van der Waals surface area contributed by atoms with Gasteiger partial charge in [0.05, 0.1) is 0 Å². The number of fused-ring (bicyclic) bond motifs is 2. The summed E-state index contributed by atoms with van der Waals surface area (Å²) in [6.45, 7) is 7.53. The van der Waals surface area contributed by atoms with E-state index >= 15 is 0 Å². The molecule has 3 saturated carbocycles. The molecule has 3 aliphatic carbocycles. The maximum Gasteiger partial charge on any atom is 0.0462 e. The maximum absolute atomic E-state index is 9.17. The Morgan fingerprint density at radius 2 is 2.00 bits per heavy atom. The molecule has 0 saturated heterocycles. The number of aliphatic hydroxyl groups is 1. The van der Waals surface area contributed by atoms with Crippen LogP contribution in [-0.2, 0) is 0 Å². The van der Waals surface area contributed by atoms with Crippen molar-refractivity contribution in [2.45, 2.75) is 33.6 Å². The largest absolute Gasteiger partial charge is 0.396 e. The van der Waals surface area contributed by atoms with Gasteiger partial charge in [-0.3, -0.25) is 0 Å². The third-order valence-corrected chi connectivity index (χ3v) is 4.75. The molecule has 0 aliphatic heterocycles. The second-order valence-electron chi connectivity index (χ2n) is 5.40. The fourth-order valence-corrected chi connectivity index (χ4v) is 3.50. The molecular formula is C11H20O. The molecule has 1 N–H and O–H groups in total. The molecule has 0 aromatic rings. The molecular weight excluding hydrogens is 148 g/mol. The van der Waals surface area contributed by atoms with E-state index in [-0.39, 0.29) is 0 Å². The summed E-state index contributed by atoms with van der Waals surface area (Å²) >= 11 is 0. The topological polar surface area (TPSA) is 20.2 Å². The Morgan fingerprint density at radius 1 is 1.33 bits per heavy atom. The predicted octanol–water partition coefficient (Wildman–Crippen LogP) is 2.30. The molecule has 2 bridgehead atoms. The molecule has 1 heteroatoms. The Balaban J connectivity index is 2.11. The number of rotatable bonds is 1. The van der Waals surface area contributed by atoms with Gasteiger partial charge in [-0.2, -0.15) is 0 Å². The van der Waals surface area contributed by atoms with Crippen LogP contribution in [-0.4, -0.2) is 11.7 Å². The fraction of sp³-hybridized carbons (Fsp3) is 1.00. The molecule has 0 spiro atoms. The van der Waals surface area contributed by atoms with Gasteiger partial charge in [0.25, 0.3) is 0 Å². The van der Waals surface area contributed by atoms with Gasteiger partial charge >= 0.3 is 0 Å². The highest BCUT2D eigenvalue weighted by Gasteiger charge is 2.55. The van der Waals surface area contributed by atoms with Crippen LogP contribution in [0, 0.1) is 29.1 Å². The third kappa shape index (κ3) is 0.891. The first-order valence-corrected chi connectivity index (χ1v) is 5.18. The summed E-state index contributed by atoms with van der Waals surface area (Å²) in [7, 11) is 0. The monoisotopic (exact) mass is 168 g/mol. The molecule has 0 unspecified atom stereocenters. The minimum absolute atomic E-state index is 0.407. The van der Waals surface area contributed by atoms with Crippen molar-refractivity contribution in [1.29, 1.82) is 0 Å². The second kappa shape index (κ2) is 2.47. The van der Waals surface area contributed by atoms with Gasteiger partial charge in [-0.15, -0.1) is 0 Å². The minimum atomic E-state index is 0.407. The van der Waals surface area contributed by atoms with E-state index in [1.165, 1.54) is 12.8 Å². The van der Waals surface area contributed by atoms with Gasteiger partial charge in [0, 0.05) is 6.61 Å². The summed E-state index contributed by atoms with van der Waals surface area (Å²) in [5, 5.41) is 9.17. The molecule has 4 atom stereocenters. The lowest BCUT2D eigenvalue weighted by atomic mass is 9.43. The second-order valence-corrected chi connectivity index (χ2v) is 5.40. The average molecular weight is 168 g/mol. The predicted molar refractivity (Wildman–Crippen MR) is 49.7 cm³/mol. The van der Waals surface area contributed by atoms with Crippen LogP contribution in [0.5, 0.6) is 0 Å². The highest BCUT2D eigenvalue weighted by Crippen LogP contribution is 2.62. The lowest BCUT2D eigenvalue weighted by molar-refractivity contribution is -0.136. The van der Waals surface area contributed by atoms with Crippen molar-refractivity contribution in [3.63, 3.8) is 0 Å². The molecule has 3 aliphatic rings. The lowest BCUT2D eigenvalue weighted by Crippen LogP contribution is -2.55. The van der Waals surface area contributed by atoms with Gasteiger partial charge in [-0.05, 0) is 41.9 Å². The van der Waals surface area contributed by atoms with Gasteiger partial charge in [0.1, 0.15) is 0 Å². The molecule has 0 aromatic carbocycles. The summed E-state index contributed by atoms with van der Waals surface area (Å²) in [4.78, 5) is 0. The molecule has 0 amide bonds. The molecule has 0 aromatic heterocycles. The zero-order valence-electron chi connectivity index (χ0n) is 8.38. The molecule has 0 radical (unpaired) electrons. The Kier molecular flexibility index (Phi) is 1.76. The van der Waals surface area contributed by atoms with Crippen LogP contribution in [0.3, 0.4) is 0 Å². The Morgan fingerprint density at radius 3 is 2.42 bits per heavy atom. The van der Waals surface area contributed by atoms with Gasteiger partial charge in [-0.25, -0.2) is 0 Å². The van der Waals surface area contributed by atoms with E-state index in [2.05, 4.69) is 20.8 Å². The molecule has 3 rings (SSSR count). The smallest absolute Gasteiger partial charge is 0.0462 e. The lowest BCUT2D eigenvalue weighted by Gasteiger charge is -2.62. The minimum Gasteiger partial charge on any atom is -0.396 e. The summed E-state index contributed by atoms with van der Waals surface area (Å²) < 4.78 is 0. The van der Waals surface area contributed by atoms with E-state index in [0.717, 1.165) is 17.8 Å². The Labute approximate surface area is 75.2 Å². The van der Waals surface area contributed by atoms with Crippen molar-refractivity contribution in [2.75, 3.05) is 6.61 Å². The van der Waals surface area contributed by atoms with Gasteiger partial charge in [-0.1, -0.05) is 20.8 Å². The Bertz CT molecular complexity index is 185. The van der Waals surface area contributed by atoms with Crippen LogP contribution >= 0.6 is 0 Å². The van der Waals surface area contributed by atoms with Gasteiger partial charge in [0.15, 0.2) is 0 Å². The highest BCUT2D eigenvalue weighted by molar-refractivity contribution is 5.04. The van der Waals surface area contributed by atoms with E-state index in [9.17, 15) is 0 Å². The summed E-state index contributed by atoms with van der Waals surface area (Å²) in [5.41, 5.74) is 0.574. The zero-order valence-corrected chi connectivity index (χ0v) is 8.38. The van der Waals surface area contributed by atoms with E-state index in [1.54, 1.807) is 0 Å². The van der Waals surface area contributed by atoms with Crippen molar-refractivity contribution < 1.29 is 5.11 Å². The van der Waals surface area contributed by atoms with Crippen LogP contribution in [0.2, 0.25) is 0 Å². The van der Waals surface area contributed by atoms with Gasteiger partial charge in [0.2, 0.25) is 0 Å². The first-order valence-electron chi connectivity index (χ1n) is 5.18. The SMILES string of the molecule is C[C@@H]1[C@@H](CO)C[C@@H]2C[C@H]1C2(C)C. The highest BCUT2D eigenvalue weighted by atomic mass is 16.3. The quantitative estimate of drug-likeness (QED) is 0.637. The molecule has 12 heavy (non-hydrogen) atoms. The number of hydrogen-bond donors (Lipinski definition) is 1. The Hall–Kier alpha value is -0.0400. The standard InChI is InChI=1S/C11H20O/c1-7-8(6-12)4-9-5-10(7)11(9,2)3/h7-10,12H,4-6H2,1-3H3/t7-,8-,9-,10-/m1/s1. The van der Waals surface area contributed by atoms with E-state index in [0.29, 0.717) is 17.9 Å². The first kappa shape index (κ1) is 8.55. The normalized spacial score (nSPS) is 50.0. The molecule has 1 nitrogen and oxygen atoms in total. The number of hydrogen-bond acceptors (Lipinski definition) is 1. The van der Waals surface area contributed by atoms with E-state index < -0.39 is 0 Å². The molecule has 3 fully saturated rings. The van der Waals surface area contributed by atoms with Crippen LogP contribution in [0.1, 0.15) is 33.6 Å². The average Bonchev–Trinajstić information content (AvgIpc) is 2.03. The van der Waals surface area contributed by atoms with Crippen LogP contribution in [0.15, 0.2) is 0 Å². The van der Waals surface area contributed by atoms with Crippen LogP contribution in [0.25, 0.3) is 0 Å². The van der Waals surface area contributed by atoms with Crippen molar-refractivity contribution in [3.8, 4) is 0 Å². The molecule has 70 valence electrons. The molecule has 0 heterocycles. The van der Waals surface area contributed by atoms with Crippen molar-refractivity contribution >= 4 is 0 Å². The van der Waals surface area contributed by atoms with Crippen molar-refractivity contribution in [3.05, 3.63) is 0 Å². The summed E-state index contributed by atoms with van der Waals surface area (Å²) in [6, 6.07) is 0. The van der Waals surface area contributed by atoms with Crippen molar-refractivity contribution in [2.24, 2.45) is 29.1 Å². The summed E-state index contributed by atoms with van der Waals surface area (Å²) in [6.07, 6.45) is 2.69. The van der Waals surface area contributed by atoms with Crippen molar-refractivity contribution in [1.82, 2.24) is 0 Å². The third-order valence-electron chi connectivity index (χ3n) is 4.75. The maximum atomic E-state index is 9.17. The van der Waals surface area contributed by atoms with Crippen LogP contribution < -0.4 is 0 Å². The zero-order chi connectivity index (χ0) is 8.93. The first-order chi connectivity index (χ1) is 5.57. The van der Waals surface area contributed by atoms with E-state index in [1.807, 2.05) is 0 Å². The van der Waals surface area contributed by atoms with Gasteiger partial charge < -0.3 is 5.11 Å². The van der Waals surface area contributed by atoms with E-state index in [4.69, 9.17) is 5.11 Å². The van der Waals surface area contributed by atoms with Crippen LogP contribution in [0.4, 0.5) is 0 Å². The fourth-order valence-electron chi connectivity index (χ4n) is 3.50. The summed E-state index contributed by atoms with van der Waals surface area (Å²) in [5.74, 6) is 3.13.